The minimum atomic E-state index is -0.607. The van der Waals surface area contributed by atoms with Gasteiger partial charge in [-0.05, 0) is 12.1 Å². The van der Waals surface area contributed by atoms with E-state index in [1.807, 2.05) is 0 Å². The number of nitrogens with two attached hydrogens (primary N) is 1. The van der Waals surface area contributed by atoms with Gasteiger partial charge in [0, 0.05) is 13.1 Å². The molecule has 0 unspecified atom stereocenters. The van der Waals surface area contributed by atoms with Gasteiger partial charge >= 0.3 is 6.09 Å². The molecule has 0 heterocycles. The number of ether oxygens (including phenoxy) is 1. The average molecular weight is 249 g/mol. The molecule has 0 saturated heterocycles. The molecule has 0 atom stereocenters. The highest BCUT2D eigenvalue weighted by Crippen LogP contribution is 2.31. The first kappa shape index (κ1) is 12.1. The van der Waals surface area contributed by atoms with Gasteiger partial charge in [0.1, 0.15) is 5.02 Å². The largest absolute Gasteiger partial charge is 0.412 e. The van der Waals surface area contributed by atoms with Gasteiger partial charge in [-0.2, -0.15) is 0 Å². The van der Waals surface area contributed by atoms with Gasteiger partial charge in [-0.25, -0.2) is 4.79 Å². The lowest BCUT2D eigenvalue weighted by molar-refractivity contribution is 0.201. The number of rotatable bonds is 3. The summed E-state index contributed by atoms with van der Waals surface area (Å²) >= 11 is 11.5. The Bertz CT molecular complexity index is 358. The smallest absolute Gasteiger partial charge is 0.409 e. The summed E-state index contributed by atoms with van der Waals surface area (Å²) < 4.78 is 4.91. The maximum atomic E-state index is 11.1. The molecular weight excluding hydrogens is 239 g/mol. The second-order valence-electron chi connectivity index (χ2n) is 2.66. The lowest BCUT2D eigenvalue weighted by Crippen LogP contribution is -2.31. The van der Waals surface area contributed by atoms with Gasteiger partial charge in [-0.15, -0.1) is 0 Å². The quantitative estimate of drug-likeness (QED) is 0.861. The molecule has 82 valence electrons. The molecule has 0 aromatic heterocycles. The second kappa shape index (κ2) is 5.80. The third-order valence-corrected chi connectivity index (χ3v) is 2.33. The Kier molecular flexibility index (Phi) is 4.68. The third-order valence-electron chi connectivity index (χ3n) is 1.53. The first-order valence-electron chi connectivity index (χ1n) is 4.25. The van der Waals surface area contributed by atoms with Crippen LogP contribution in [0.25, 0.3) is 0 Å². The molecular formula is C9H10Cl2N2O2. The van der Waals surface area contributed by atoms with Gasteiger partial charge in [0.05, 0.1) is 5.02 Å². The first-order chi connectivity index (χ1) is 7.15. The number of amides is 1. The van der Waals surface area contributed by atoms with Gasteiger partial charge in [0.15, 0.2) is 5.75 Å². The molecule has 3 N–H and O–H groups in total. The topological polar surface area (TPSA) is 64.3 Å². The summed E-state index contributed by atoms with van der Waals surface area (Å²) in [4.78, 5) is 11.1. The summed E-state index contributed by atoms with van der Waals surface area (Å²) in [6.45, 7) is 0.690. The molecule has 0 saturated carbocycles. The summed E-state index contributed by atoms with van der Waals surface area (Å²) in [5, 5.41) is 2.98. The van der Waals surface area contributed by atoms with E-state index in [1.54, 1.807) is 18.2 Å². The van der Waals surface area contributed by atoms with Crippen LogP contribution in [0.2, 0.25) is 10.0 Å². The van der Waals surface area contributed by atoms with Crippen molar-refractivity contribution in [2.45, 2.75) is 0 Å². The van der Waals surface area contributed by atoms with Crippen LogP contribution in [0.3, 0.4) is 0 Å². The van der Waals surface area contributed by atoms with E-state index in [4.69, 9.17) is 33.7 Å². The standard InChI is InChI=1S/C9H10Cl2N2O2/c10-6-2-1-3-7(8(6)11)15-9(14)13-5-4-12/h1-3H,4-5,12H2,(H,13,14). The van der Waals surface area contributed by atoms with Crippen LogP contribution in [0.5, 0.6) is 5.75 Å². The summed E-state index contributed by atoms with van der Waals surface area (Å²) in [5.41, 5.74) is 5.21. The average Bonchev–Trinajstić information content (AvgIpc) is 2.22. The van der Waals surface area contributed by atoms with E-state index in [9.17, 15) is 4.79 Å². The number of nitrogens with one attached hydrogen (secondary N) is 1. The van der Waals surface area contributed by atoms with Gasteiger partial charge in [-0.3, -0.25) is 0 Å². The molecule has 6 heteroatoms. The van der Waals surface area contributed by atoms with E-state index in [1.165, 1.54) is 0 Å². The van der Waals surface area contributed by atoms with E-state index in [0.29, 0.717) is 18.1 Å². The van der Waals surface area contributed by atoms with Gasteiger partial charge in [0.25, 0.3) is 0 Å². The van der Waals surface area contributed by atoms with Crippen molar-refractivity contribution in [3.8, 4) is 5.75 Å². The van der Waals surface area contributed by atoms with E-state index in [0.717, 1.165) is 0 Å². The van der Waals surface area contributed by atoms with E-state index in [2.05, 4.69) is 5.32 Å². The van der Waals surface area contributed by atoms with Crippen molar-refractivity contribution in [3.63, 3.8) is 0 Å². The fraction of sp³-hybridized carbons (Fsp3) is 0.222. The van der Waals surface area contributed by atoms with Crippen LogP contribution < -0.4 is 15.8 Å². The fourth-order valence-corrected chi connectivity index (χ4v) is 1.20. The van der Waals surface area contributed by atoms with Crippen LogP contribution in [-0.4, -0.2) is 19.2 Å². The van der Waals surface area contributed by atoms with Gasteiger partial charge in [-0.1, -0.05) is 29.3 Å². The predicted molar refractivity (Wildman–Crippen MR) is 59.5 cm³/mol. The summed E-state index contributed by atoms with van der Waals surface area (Å²) in [7, 11) is 0. The van der Waals surface area contributed by atoms with E-state index >= 15 is 0 Å². The van der Waals surface area contributed by atoms with Crippen molar-refractivity contribution in [1.82, 2.24) is 5.32 Å². The van der Waals surface area contributed by atoms with Crippen molar-refractivity contribution in [2.75, 3.05) is 13.1 Å². The fourth-order valence-electron chi connectivity index (χ4n) is 0.873. The Morgan fingerprint density at radius 1 is 1.47 bits per heavy atom. The maximum absolute atomic E-state index is 11.1. The van der Waals surface area contributed by atoms with Gasteiger partial charge < -0.3 is 15.8 Å². The molecule has 0 radical (unpaired) electrons. The SMILES string of the molecule is NCCNC(=O)Oc1cccc(Cl)c1Cl. The van der Waals surface area contributed by atoms with E-state index in [-0.39, 0.29) is 10.8 Å². The number of benzene rings is 1. The molecule has 4 nitrogen and oxygen atoms in total. The Balaban J connectivity index is 2.64. The minimum Gasteiger partial charge on any atom is -0.409 e. The molecule has 1 amide bonds. The van der Waals surface area contributed by atoms with Crippen molar-refractivity contribution in [3.05, 3.63) is 28.2 Å². The monoisotopic (exact) mass is 248 g/mol. The Labute approximate surface area is 97.3 Å². The normalized spacial score (nSPS) is 9.80. The molecule has 15 heavy (non-hydrogen) atoms. The van der Waals surface area contributed by atoms with E-state index < -0.39 is 6.09 Å². The molecule has 0 aliphatic heterocycles. The van der Waals surface area contributed by atoms with Crippen molar-refractivity contribution in [1.29, 1.82) is 0 Å². The molecule has 1 aromatic rings. The Hall–Kier alpha value is -0.970. The summed E-state index contributed by atoms with van der Waals surface area (Å²) in [6.07, 6.45) is -0.607. The molecule has 0 spiro atoms. The molecule has 0 aliphatic rings. The molecule has 0 aliphatic carbocycles. The zero-order valence-corrected chi connectivity index (χ0v) is 9.31. The first-order valence-corrected chi connectivity index (χ1v) is 5.00. The van der Waals surface area contributed by atoms with Crippen molar-refractivity contribution < 1.29 is 9.53 Å². The molecule has 0 fully saturated rings. The van der Waals surface area contributed by atoms with Crippen LogP contribution in [0.4, 0.5) is 4.79 Å². The number of carbonyl (C=O) groups is 1. The predicted octanol–water partition coefficient (Wildman–Crippen LogP) is 2.04. The summed E-state index contributed by atoms with van der Waals surface area (Å²) in [6, 6.07) is 4.80. The number of halogens is 2. The van der Waals surface area contributed by atoms with Crippen LogP contribution in [-0.2, 0) is 0 Å². The van der Waals surface area contributed by atoms with Crippen LogP contribution in [0.1, 0.15) is 0 Å². The molecule has 0 bridgehead atoms. The zero-order chi connectivity index (χ0) is 11.3. The van der Waals surface area contributed by atoms with Crippen LogP contribution >= 0.6 is 23.2 Å². The zero-order valence-electron chi connectivity index (χ0n) is 7.80. The highest BCUT2D eigenvalue weighted by Gasteiger charge is 2.09. The Morgan fingerprint density at radius 3 is 2.87 bits per heavy atom. The highest BCUT2D eigenvalue weighted by atomic mass is 35.5. The van der Waals surface area contributed by atoms with Gasteiger partial charge in [0.2, 0.25) is 0 Å². The minimum absolute atomic E-state index is 0.210. The third kappa shape index (κ3) is 3.58. The maximum Gasteiger partial charge on any atom is 0.412 e. The molecule has 1 aromatic carbocycles. The lowest BCUT2D eigenvalue weighted by Gasteiger charge is -2.07. The van der Waals surface area contributed by atoms with Crippen molar-refractivity contribution >= 4 is 29.3 Å². The van der Waals surface area contributed by atoms with Crippen molar-refractivity contribution in [2.24, 2.45) is 5.73 Å². The number of hydrogen-bond donors (Lipinski definition) is 2. The molecule has 1 rings (SSSR count). The number of hydrogen-bond acceptors (Lipinski definition) is 3. The highest BCUT2D eigenvalue weighted by molar-refractivity contribution is 6.43. The van der Waals surface area contributed by atoms with Crippen LogP contribution in [0, 0.1) is 0 Å². The number of carbonyl (C=O) groups excluding carboxylic acids is 1. The Morgan fingerprint density at radius 2 is 2.20 bits per heavy atom. The summed E-state index contributed by atoms with van der Waals surface area (Å²) in [5.74, 6) is 0.221. The lowest BCUT2D eigenvalue weighted by atomic mass is 10.3. The second-order valence-corrected chi connectivity index (χ2v) is 3.44. The van der Waals surface area contributed by atoms with Crippen LogP contribution in [0.15, 0.2) is 18.2 Å².